The van der Waals surface area contributed by atoms with E-state index >= 15 is 0 Å². The third-order valence-corrected chi connectivity index (χ3v) is 7.64. The van der Waals surface area contributed by atoms with Gasteiger partial charge in [-0.1, -0.05) is 31.2 Å². The van der Waals surface area contributed by atoms with Gasteiger partial charge in [0.05, 0.1) is 13.7 Å². The van der Waals surface area contributed by atoms with Crippen LogP contribution in [-0.2, 0) is 16.8 Å². The summed E-state index contributed by atoms with van der Waals surface area (Å²) in [6, 6.07) is 11.9. The molecule has 10 nitrogen and oxygen atoms in total. The average molecular weight is 505 g/mol. The highest BCUT2D eigenvalue weighted by Crippen LogP contribution is 2.30. The number of nitrogens with zero attached hydrogens (tertiary/aromatic N) is 3. The molecule has 3 heterocycles. The number of piperazine rings is 1. The number of benzene rings is 2. The van der Waals surface area contributed by atoms with Gasteiger partial charge in [0.25, 0.3) is 11.8 Å². The highest BCUT2D eigenvalue weighted by Gasteiger charge is 2.50. The van der Waals surface area contributed by atoms with Crippen LogP contribution in [0.5, 0.6) is 5.75 Å². The molecule has 2 saturated heterocycles. The number of carbonyl (C=O) groups is 3. The molecule has 2 aromatic rings. The second kappa shape index (κ2) is 9.85. The van der Waals surface area contributed by atoms with Gasteiger partial charge in [-0.25, -0.2) is 4.79 Å². The molecule has 194 valence electrons. The SMILES string of the molecule is CCN1CCN(C(=N)c2ccc([C@]3(CN4CCc5cc(OC)ccc5C4=O)NC(=O)NC3=O)cc2)CC1. The van der Waals surface area contributed by atoms with Crippen LogP contribution in [0.4, 0.5) is 4.79 Å². The molecule has 0 unspecified atom stereocenters. The van der Waals surface area contributed by atoms with E-state index in [0.717, 1.165) is 43.9 Å². The number of carbonyl (C=O) groups excluding carboxylic acids is 3. The van der Waals surface area contributed by atoms with E-state index in [1.54, 1.807) is 36.3 Å². The molecule has 0 saturated carbocycles. The molecule has 2 aromatic carbocycles. The predicted molar refractivity (Wildman–Crippen MR) is 138 cm³/mol. The normalized spacial score (nSPS) is 21.9. The summed E-state index contributed by atoms with van der Waals surface area (Å²) in [7, 11) is 1.59. The lowest BCUT2D eigenvalue weighted by Gasteiger charge is -2.36. The largest absolute Gasteiger partial charge is 0.497 e. The second-order valence-corrected chi connectivity index (χ2v) is 9.66. The van der Waals surface area contributed by atoms with Gasteiger partial charge in [0.1, 0.15) is 11.6 Å². The maximum absolute atomic E-state index is 13.3. The molecule has 37 heavy (non-hydrogen) atoms. The standard InChI is InChI=1S/C27H32N6O4/c1-3-31-12-14-32(15-13-31)23(28)18-4-6-20(7-5-18)27(25(35)29-26(36)30-27)17-33-11-10-19-16-21(37-2)8-9-22(19)24(33)34/h4-9,16,28H,3,10-15,17H2,1-2H3,(H2,29,30,35,36)/t27-/m0/s1. The molecule has 0 aliphatic carbocycles. The third kappa shape index (κ3) is 4.53. The Labute approximate surface area is 216 Å². The quantitative estimate of drug-likeness (QED) is 0.311. The van der Waals surface area contributed by atoms with Crippen LogP contribution in [0.3, 0.4) is 0 Å². The summed E-state index contributed by atoms with van der Waals surface area (Å²) in [5.74, 6) is 0.442. The first-order valence-electron chi connectivity index (χ1n) is 12.6. The van der Waals surface area contributed by atoms with Crippen molar-refractivity contribution in [3.63, 3.8) is 0 Å². The number of urea groups is 1. The Bertz CT molecular complexity index is 1240. The summed E-state index contributed by atoms with van der Waals surface area (Å²) in [5, 5.41) is 13.8. The minimum Gasteiger partial charge on any atom is -0.497 e. The predicted octanol–water partition coefficient (Wildman–Crippen LogP) is 1.39. The molecule has 2 fully saturated rings. The summed E-state index contributed by atoms with van der Waals surface area (Å²) < 4.78 is 5.28. The fraction of sp³-hybridized carbons (Fsp3) is 0.407. The van der Waals surface area contributed by atoms with Crippen molar-refractivity contribution in [2.24, 2.45) is 0 Å². The molecule has 4 amide bonds. The lowest BCUT2D eigenvalue weighted by atomic mass is 9.87. The van der Waals surface area contributed by atoms with E-state index < -0.39 is 17.5 Å². The summed E-state index contributed by atoms with van der Waals surface area (Å²) in [5.41, 5.74) is 1.36. The molecule has 0 radical (unpaired) electrons. The van der Waals surface area contributed by atoms with Crippen LogP contribution in [0.1, 0.15) is 34.0 Å². The Balaban J connectivity index is 1.38. The zero-order chi connectivity index (χ0) is 26.2. The summed E-state index contributed by atoms with van der Waals surface area (Å²) >= 11 is 0. The van der Waals surface area contributed by atoms with E-state index in [1.807, 2.05) is 18.2 Å². The fourth-order valence-electron chi connectivity index (χ4n) is 5.36. The number of nitrogens with one attached hydrogen (secondary N) is 3. The molecular formula is C27H32N6O4. The van der Waals surface area contributed by atoms with Crippen LogP contribution in [0, 0.1) is 5.41 Å². The third-order valence-electron chi connectivity index (χ3n) is 7.64. The average Bonchev–Trinajstić information content (AvgIpc) is 3.22. The van der Waals surface area contributed by atoms with E-state index in [4.69, 9.17) is 10.1 Å². The van der Waals surface area contributed by atoms with Crippen molar-refractivity contribution in [3.8, 4) is 5.75 Å². The number of rotatable bonds is 6. The Morgan fingerprint density at radius 1 is 1.03 bits per heavy atom. The first kappa shape index (κ1) is 24.8. The molecule has 1 atom stereocenters. The maximum Gasteiger partial charge on any atom is 0.322 e. The second-order valence-electron chi connectivity index (χ2n) is 9.66. The molecule has 0 bridgehead atoms. The monoisotopic (exact) mass is 504 g/mol. The Kier molecular flexibility index (Phi) is 6.59. The van der Waals surface area contributed by atoms with Crippen LogP contribution in [0.2, 0.25) is 0 Å². The molecular weight excluding hydrogens is 472 g/mol. The summed E-state index contributed by atoms with van der Waals surface area (Å²) in [6.45, 7) is 6.99. The van der Waals surface area contributed by atoms with E-state index in [0.29, 0.717) is 35.7 Å². The number of hydrogen-bond donors (Lipinski definition) is 3. The maximum atomic E-state index is 13.3. The topological polar surface area (TPSA) is 118 Å². The van der Waals surface area contributed by atoms with Gasteiger partial charge in [-0.15, -0.1) is 0 Å². The number of imide groups is 1. The molecule has 3 N–H and O–H groups in total. The van der Waals surface area contributed by atoms with Gasteiger partial charge in [0.15, 0.2) is 5.54 Å². The van der Waals surface area contributed by atoms with Crippen molar-refractivity contribution < 1.29 is 19.1 Å². The minimum atomic E-state index is -1.41. The fourth-order valence-corrected chi connectivity index (χ4v) is 5.36. The molecule has 5 rings (SSSR count). The molecule has 3 aliphatic rings. The Morgan fingerprint density at radius 3 is 2.38 bits per heavy atom. The van der Waals surface area contributed by atoms with Crippen molar-refractivity contribution in [2.45, 2.75) is 18.9 Å². The number of amides is 4. The van der Waals surface area contributed by atoms with E-state index in [1.165, 1.54) is 0 Å². The van der Waals surface area contributed by atoms with Gasteiger partial charge >= 0.3 is 6.03 Å². The van der Waals surface area contributed by atoms with E-state index in [2.05, 4.69) is 27.4 Å². The van der Waals surface area contributed by atoms with Crippen LogP contribution < -0.4 is 15.4 Å². The first-order chi connectivity index (χ1) is 17.8. The molecule has 3 aliphatic heterocycles. The smallest absolute Gasteiger partial charge is 0.322 e. The Hall–Kier alpha value is -3.92. The van der Waals surface area contributed by atoms with Crippen molar-refractivity contribution in [1.29, 1.82) is 5.41 Å². The molecule has 10 heteroatoms. The van der Waals surface area contributed by atoms with E-state index in [-0.39, 0.29) is 12.5 Å². The minimum absolute atomic E-state index is 0.00461. The first-order valence-corrected chi connectivity index (χ1v) is 12.6. The van der Waals surface area contributed by atoms with Gasteiger partial charge in [0, 0.05) is 43.9 Å². The summed E-state index contributed by atoms with van der Waals surface area (Å²) in [4.78, 5) is 44.8. The number of fused-ring (bicyclic) bond motifs is 1. The van der Waals surface area contributed by atoms with Gasteiger partial charge in [-0.3, -0.25) is 20.3 Å². The van der Waals surface area contributed by atoms with Crippen molar-refractivity contribution in [1.82, 2.24) is 25.3 Å². The van der Waals surface area contributed by atoms with E-state index in [9.17, 15) is 14.4 Å². The lowest BCUT2D eigenvalue weighted by Crippen LogP contribution is -2.55. The zero-order valence-electron chi connectivity index (χ0n) is 21.2. The van der Waals surface area contributed by atoms with Crippen molar-refractivity contribution in [3.05, 3.63) is 64.7 Å². The van der Waals surface area contributed by atoms with Crippen LogP contribution in [0.25, 0.3) is 0 Å². The lowest BCUT2D eigenvalue weighted by molar-refractivity contribution is -0.124. The van der Waals surface area contributed by atoms with Crippen molar-refractivity contribution in [2.75, 3.05) is 52.9 Å². The van der Waals surface area contributed by atoms with Crippen LogP contribution in [0.15, 0.2) is 42.5 Å². The van der Waals surface area contributed by atoms with Gasteiger partial charge in [0.2, 0.25) is 0 Å². The zero-order valence-corrected chi connectivity index (χ0v) is 21.2. The number of methoxy groups -OCH3 is 1. The Morgan fingerprint density at radius 2 is 1.76 bits per heavy atom. The number of amidine groups is 1. The highest BCUT2D eigenvalue weighted by molar-refractivity contribution is 6.08. The number of hydrogen-bond acceptors (Lipinski definition) is 6. The van der Waals surface area contributed by atoms with Crippen LogP contribution in [-0.4, -0.2) is 91.3 Å². The van der Waals surface area contributed by atoms with Crippen molar-refractivity contribution >= 4 is 23.7 Å². The number of likely N-dealkylation sites (N-methyl/N-ethyl adjacent to an activating group) is 1. The number of ether oxygens (including phenoxy) is 1. The highest BCUT2D eigenvalue weighted by atomic mass is 16.5. The molecule has 0 aromatic heterocycles. The summed E-state index contributed by atoms with van der Waals surface area (Å²) in [6.07, 6.45) is 0.616. The van der Waals surface area contributed by atoms with Gasteiger partial charge in [-0.05, 0) is 42.3 Å². The van der Waals surface area contributed by atoms with Gasteiger partial charge in [-0.2, -0.15) is 0 Å². The van der Waals surface area contributed by atoms with Crippen LogP contribution >= 0.6 is 0 Å². The van der Waals surface area contributed by atoms with Gasteiger partial charge < -0.3 is 24.8 Å². The molecule has 0 spiro atoms.